The number of aryl methyl sites for hydroxylation is 1. The van der Waals surface area contributed by atoms with Gasteiger partial charge in [0.2, 0.25) is 0 Å². The van der Waals surface area contributed by atoms with Gasteiger partial charge in [-0.2, -0.15) is 0 Å². The molecule has 0 bridgehead atoms. The Hall–Kier alpha value is -2.82. The van der Waals surface area contributed by atoms with Crippen LogP contribution < -0.4 is 10.1 Å². The van der Waals surface area contributed by atoms with E-state index < -0.39 is 0 Å². The summed E-state index contributed by atoms with van der Waals surface area (Å²) in [6.07, 6.45) is 3.77. The third-order valence-electron chi connectivity index (χ3n) is 6.51. The lowest BCUT2D eigenvalue weighted by Gasteiger charge is -2.12. The summed E-state index contributed by atoms with van der Waals surface area (Å²) < 4.78 is 7.84. The normalized spacial score (nSPS) is 14.0. The molecule has 0 unspecified atom stereocenters. The molecule has 1 fully saturated rings. The highest BCUT2D eigenvalue weighted by Gasteiger charge is 2.20. The van der Waals surface area contributed by atoms with Gasteiger partial charge in [-0.3, -0.25) is 0 Å². The number of nitrogens with zero attached hydrogens (tertiary/aromatic N) is 2. The summed E-state index contributed by atoms with van der Waals surface area (Å²) >= 11 is 0. The van der Waals surface area contributed by atoms with Crippen LogP contribution in [0.3, 0.4) is 0 Å². The molecule has 0 radical (unpaired) electrons. The molecule has 4 nitrogen and oxygen atoms in total. The molecule has 0 saturated heterocycles. The van der Waals surface area contributed by atoms with Gasteiger partial charge in [-0.1, -0.05) is 24.3 Å². The first-order valence-electron chi connectivity index (χ1n) is 11.7. The van der Waals surface area contributed by atoms with Crippen LogP contribution >= 0.6 is 0 Å². The van der Waals surface area contributed by atoms with E-state index in [0.29, 0.717) is 0 Å². The third-order valence-corrected chi connectivity index (χ3v) is 6.51. The van der Waals surface area contributed by atoms with Gasteiger partial charge < -0.3 is 19.5 Å². The van der Waals surface area contributed by atoms with E-state index in [9.17, 15) is 0 Å². The van der Waals surface area contributed by atoms with Crippen molar-refractivity contribution in [3.05, 3.63) is 66.2 Å². The smallest absolute Gasteiger partial charge is 0.118 e. The Morgan fingerprint density at radius 1 is 0.906 bits per heavy atom. The standard InChI is InChI=1S/C28H33N3O/c1-30(2)15-4-16-31-27-13-5-20(19-29-23-9-10-23)17-25(27)26-18-22(8-14-28(26)31)21-6-11-24(32-3)12-7-21/h5-8,11-14,17-18,23,29H,4,9-10,15-16,19H2,1-3H3. The van der Waals surface area contributed by atoms with Gasteiger partial charge in [-0.05, 0) is 93.0 Å². The zero-order valence-electron chi connectivity index (χ0n) is 19.4. The van der Waals surface area contributed by atoms with Crippen LogP contribution in [0.15, 0.2) is 60.7 Å². The number of nitrogens with one attached hydrogen (secondary N) is 1. The van der Waals surface area contributed by atoms with Gasteiger partial charge in [0.15, 0.2) is 0 Å². The molecule has 0 amide bonds. The van der Waals surface area contributed by atoms with Crippen molar-refractivity contribution in [2.24, 2.45) is 0 Å². The first-order valence-corrected chi connectivity index (χ1v) is 11.7. The number of hydrogen-bond acceptors (Lipinski definition) is 3. The highest BCUT2D eigenvalue weighted by atomic mass is 16.5. The maximum absolute atomic E-state index is 5.34. The van der Waals surface area contributed by atoms with Crippen LogP contribution in [0.2, 0.25) is 0 Å². The zero-order valence-corrected chi connectivity index (χ0v) is 19.4. The summed E-state index contributed by atoms with van der Waals surface area (Å²) in [4.78, 5) is 2.26. The molecule has 0 spiro atoms. The first-order chi connectivity index (χ1) is 15.6. The minimum absolute atomic E-state index is 0.722. The Morgan fingerprint density at radius 3 is 2.28 bits per heavy atom. The number of methoxy groups -OCH3 is 1. The van der Waals surface area contributed by atoms with Crippen LogP contribution in [-0.4, -0.2) is 43.3 Å². The predicted octanol–water partition coefficient (Wildman–Crippen LogP) is 5.67. The van der Waals surface area contributed by atoms with E-state index in [1.54, 1.807) is 7.11 Å². The van der Waals surface area contributed by atoms with Crippen molar-refractivity contribution in [1.29, 1.82) is 0 Å². The predicted molar refractivity (Wildman–Crippen MR) is 134 cm³/mol. The van der Waals surface area contributed by atoms with E-state index in [2.05, 4.69) is 77.4 Å². The van der Waals surface area contributed by atoms with Crippen molar-refractivity contribution in [3.8, 4) is 16.9 Å². The fourth-order valence-electron chi connectivity index (χ4n) is 4.56. The average Bonchev–Trinajstić information content (AvgIpc) is 3.60. The lowest BCUT2D eigenvalue weighted by atomic mass is 10.0. The van der Waals surface area contributed by atoms with E-state index >= 15 is 0 Å². The summed E-state index contributed by atoms with van der Waals surface area (Å²) in [7, 11) is 6.00. The van der Waals surface area contributed by atoms with E-state index in [1.807, 2.05) is 12.1 Å². The fraction of sp³-hybridized carbons (Fsp3) is 0.357. The monoisotopic (exact) mass is 427 g/mol. The number of hydrogen-bond donors (Lipinski definition) is 1. The molecule has 4 aromatic rings. The molecule has 1 heterocycles. The summed E-state index contributed by atoms with van der Waals surface area (Å²) in [5, 5.41) is 6.36. The first kappa shape index (κ1) is 21.0. The maximum atomic E-state index is 5.34. The highest BCUT2D eigenvalue weighted by Crippen LogP contribution is 2.34. The van der Waals surface area contributed by atoms with Crippen LogP contribution in [0.1, 0.15) is 24.8 Å². The van der Waals surface area contributed by atoms with Gasteiger partial charge in [-0.15, -0.1) is 0 Å². The van der Waals surface area contributed by atoms with E-state index in [4.69, 9.17) is 4.74 Å². The number of fused-ring (bicyclic) bond motifs is 3. The largest absolute Gasteiger partial charge is 0.497 e. The molecular formula is C28H33N3O. The van der Waals surface area contributed by atoms with Gasteiger partial charge in [0.25, 0.3) is 0 Å². The van der Waals surface area contributed by atoms with E-state index in [1.165, 1.54) is 51.3 Å². The molecular weight excluding hydrogens is 394 g/mol. The summed E-state index contributed by atoms with van der Waals surface area (Å²) in [5.41, 5.74) is 6.48. The zero-order chi connectivity index (χ0) is 22.1. The Kier molecular flexibility index (Phi) is 5.90. The van der Waals surface area contributed by atoms with Gasteiger partial charge in [0.1, 0.15) is 5.75 Å². The van der Waals surface area contributed by atoms with Gasteiger partial charge >= 0.3 is 0 Å². The second-order valence-corrected chi connectivity index (χ2v) is 9.28. The Bertz CT molecular complexity index is 1220. The Morgan fingerprint density at radius 2 is 1.59 bits per heavy atom. The van der Waals surface area contributed by atoms with Crippen molar-refractivity contribution in [2.45, 2.75) is 38.4 Å². The van der Waals surface area contributed by atoms with Gasteiger partial charge in [0, 0.05) is 40.9 Å². The van der Waals surface area contributed by atoms with E-state index in [0.717, 1.165) is 37.8 Å². The Labute approximate surface area is 190 Å². The van der Waals surface area contributed by atoms with Crippen LogP contribution in [0, 0.1) is 0 Å². The van der Waals surface area contributed by atoms with Crippen LogP contribution in [0.4, 0.5) is 0 Å². The molecule has 1 aromatic heterocycles. The molecule has 3 aromatic carbocycles. The fourth-order valence-corrected chi connectivity index (χ4v) is 4.56. The van der Waals surface area contributed by atoms with Gasteiger partial charge in [-0.25, -0.2) is 0 Å². The number of ether oxygens (including phenoxy) is 1. The van der Waals surface area contributed by atoms with Crippen molar-refractivity contribution >= 4 is 21.8 Å². The maximum Gasteiger partial charge on any atom is 0.118 e. The topological polar surface area (TPSA) is 29.4 Å². The number of aromatic nitrogens is 1. The Balaban J connectivity index is 1.57. The van der Waals surface area contributed by atoms with Crippen molar-refractivity contribution < 1.29 is 4.74 Å². The summed E-state index contributed by atoms with van der Waals surface area (Å²) in [5.74, 6) is 0.889. The average molecular weight is 428 g/mol. The van der Waals surface area contributed by atoms with Gasteiger partial charge in [0.05, 0.1) is 7.11 Å². The second kappa shape index (κ2) is 8.97. The molecule has 0 atom stereocenters. The molecule has 1 aliphatic carbocycles. The minimum atomic E-state index is 0.722. The van der Waals surface area contributed by atoms with Crippen molar-refractivity contribution in [2.75, 3.05) is 27.7 Å². The minimum Gasteiger partial charge on any atom is -0.497 e. The van der Waals surface area contributed by atoms with Crippen LogP contribution in [-0.2, 0) is 13.1 Å². The quantitative estimate of drug-likeness (QED) is 0.373. The molecule has 1 aliphatic rings. The lowest BCUT2D eigenvalue weighted by molar-refractivity contribution is 0.389. The molecule has 32 heavy (non-hydrogen) atoms. The lowest BCUT2D eigenvalue weighted by Crippen LogP contribution is -2.15. The van der Waals surface area contributed by atoms with E-state index in [-0.39, 0.29) is 0 Å². The summed E-state index contributed by atoms with van der Waals surface area (Å²) in [6, 6.07) is 23.0. The molecule has 166 valence electrons. The molecule has 5 rings (SSSR count). The molecule has 1 N–H and O–H groups in total. The van der Waals surface area contributed by atoms with Crippen molar-refractivity contribution in [1.82, 2.24) is 14.8 Å². The number of benzene rings is 3. The SMILES string of the molecule is COc1ccc(-c2ccc3c(c2)c2cc(CNC4CC4)ccc2n3CCCN(C)C)cc1. The molecule has 4 heteroatoms. The third kappa shape index (κ3) is 4.38. The second-order valence-electron chi connectivity index (χ2n) is 9.28. The molecule has 0 aliphatic heterocycles. The van der Waals surface area contributed by atoms with Crippen LogP contribution in [0.5, 0.6) is 5.75 Å². The molecule has 1 saturated carbocycles. The van der Waals surface area contributed by atoms with Crippen LogP contribution in [0.25, 0.3) is 32.9 Å². The highest BCUT2D eigenvalue weighted by molar-refractivity contribution is 6.09. The summed E-state index contributed by atoms with van der Waals surface area (Å²) in [6.45, 7) is 3.07. The number of rotatable bonds is 9. The van der Waals surface area contributed by atoms with Crippen molar-refractivity contribution in [3.63, 3.8) is 0 Å².